The number of carbonyl (C=O) groups excluding carboxylic acids is 1. The van der Waals surface area contributed by atoms with Crippen LogP contribution < -0.4 is 16.2 Å². The third kappa shape index (κ3) is 4.10. The maximum atomic E-state index is 14.6. The largest absolute Gasteiger partial charge is 0.381 e. The Morgan fingerprint density at radius 3 is 2.44 bits per heavy atom. The fraction of sp³-hybridized carbons (Fsp3) is 0.520. The monoisotopic (exact) mass is 474 g/mol. The van der Waals surface area contributed by atoms with E-state index in [0.29, 0.717) is 29.0 Å². The number of piperidine rings is 1. The summed E-state index contributed by atoms with van der Waals surface area (Å²) < 4.78 is 42.5. The molecule has 1 aromatic heterocycles. The quantitative estimate of drug-likeness (QED) is 0.638. The van der Waals surface area contributed by atoms with Gasteiger partial charge < -0.3 is 20.1 Å². The number of anilines is 1. The summed E-state index contributed by atoms with van der Waals surface area (Å²) in [6, 6.07) is 4.67. The molecule has 2 heterocycles. The van der Waals surface area contributed by atoms with E-state index in [-0.39, 0.29) is 23.2 Å². The smallest absolute Gasteiger partial charge is 0.266 e. The van der Waals surface area contributed by atoms with E-state index in [9.17, 15) is 22.8 Å². The van der Waals surface area contributed by atoms with Crippen LogP contribution in [0.2, 0.25) is 0 Å². The predicted octanol–water partition coefficient (Wildman–Crippen LogP) is 3.97. The number of aromatic nitrogens is 1. The number of nitrogens with one attached hydrogen (secondary N) is 2. The Bertz CT molecular complexity index is 1170. The first-order chi connectivity index (χ1) is 16.2. The Morgan fingerprint density at radius 2 is 1.82 bits per heavy atom. The first kappa shape index (κ1) is 23.0. The number of nitrogens with zero attached hydrogens (tertiary/aromatic N) is 2. The topological polar surface area (TPSA) is 66.4 Å². The minimum absolute atomic E-state index is 0.00967. The van der Waals surface area contributed by atoms with Crippen molar-refractivity contribution in [3.05, 3.63) is 63.3 Å². The maximum Gasteiger partial charge on any atom is 0.266 e. The number of carbonyl (C=O) groups is 1. The SMILES string of the molecule is C[C@@H]1C[C@H]1n1cc(C(=O)N[C@H](C)c2cccc(C(F)F)c2F)c(NC2[C@H]3CN(C)C[C@@H]23)cc1=O. The molecule has 5 rings (SSSR count). The van der Waals surface area contributed by atoms with Crippen molar-refractivity contribution >= 4 is 11.6 Å². The minimum atomic E-state index is -2.94. The highest BCUT2D eigenvalue weighted by molar-refractivity contribution is 5.99. The van der Waals surface area contributed by atoms with E-state index in [4.69, 9.17) is 0 Å². The summed E-state index contributed by atoms with van der Waals surface area (Å²) in [5, 5.41) is 6.14. The van der Waals surface area contributed by atoms with E-state index < -0.39 is 29.8 Å². The van der Waals surface area contributed by atoms with Gasteiger partial charge in [0, 0.05) is 43.0 Å². The van der Waals surface area contributed by atoms with Crippen molar-refractivity contribution in [2.45, 2.75) is 44.8 Å². The number of fused-ring (bicyclic) bond motifs is 1. The summed E-state index contributed by atoms with van der Waals surface area (Å²) in [7, 11) is 2.07. The lowest BCUT2D eigenvalue weighted by Gasteiger charge is -2.20. The highest BCUT2D eigenvalue weighted by atomic mass is 19.3. The van der Waals surface area contributed by atoms with Crippen LogP contribution in [-0.2, 0) is 0 Å². The summed E-state index contributed by atoms with van der Waals surface area (Å²) in [5.74, 6) is -0.179. The van der Waals surface area contributed by atoms with Gasteiger partial charge >= 0.3 is 0 Å². The molecular formula is C25H29F3N4O2. The van der Waals surface area contributed by atoms with E-state index in [2.05, 4.69) is 22.6 Å². The molecule has 3 fully saturated rings. The average Bonchev–Trinajstić information content (AvgIpc) is 3.60. The molecule has 0 spiro atoms. The first-order valence-electron chi connectivity index (χ1n) is 11.7. The second kappa shape index (κ2) is 8.45. The van der Waals surface area contributed by atoms with Crippen molar-refractivity contribution in [3.8, 4) is 0 Å². The number of rotatable bonds is 7. The van der Waals surface area contributed by atoms with Gasteiger partial charge in [-0.15, -0.1) is 0 Å². The highest BCUT2D eigenvalue weighted by Crippen LogP contribution is 2.47. The van der Waals surface area contributed by atoms with Crippen LogP contribution in [0.3, 0.4) is 0 Å². The van der Waals surface area contributed by atoms with E-state index in [1.165, 1.54) is 18.2 Å². The van der Waals surface area contributed by atoms with Crippen LogP contribution in [0, 0.1) is 23.6 Å². The van der Waals surface area contributed by atoms with Crippen LogP contribution in [0.15, 0.2) is 35.3 Å². The van der Waals surface area contributed by atoms with Crippen LogP contribution in [0.25, 0.3) is 0 Å². The van der Waals surface area contributed by atoms with Crippen LogP contribution >= 0.6 is 0 Å². The lowest BCUT2D eigenvalue weighted by Crippen LogP contribution is -2.32. The third-order valence-corrected chi connectivity index (χ3v) is 7.56. The van der Waals surface area contributed by atoms with Crippen molar-refractivity contribution in [1.82, 2.24) is 14.8 Å². The van der Waals surface area contributed by atoms with Gasteiger partial charge in [0.1, 0.15) is 5.82 Å². The normalized spacial score (nSPS) is 28.5. The fourth-order valence-electron chi connectivity index (χ4n) is 5.35. The fourth-order valence-corrected chi connectivity index (χ4v) is 5.35. The Hall–Kier alpha value is -2.81. The summed E-state index contributed by atoms with van der Waals surface area (Å²) in [4.78, 5) is 28.4. The lowest BCUT2D eigenvalue weighted by atomic mass is 10.0. The molecule has 6 nitrogen and oxygen atoms in total. The standard InChI is InChI=1S/C25H29F3N4O2/c1-12-7-20(12)32-11-18(19(8-21(32)33)30-23-16-9-31(3)10-17(16)23)25(34)29-13(2)14-5-4-6-15(22(14)26)24(27)28/h4-6,8,11-13,16-17,20,23-24,30H,7,9-10H2,1-3H3,(H,29,34)/t12-,13-,16-,17+,20-,23?/m1/s1. The zero-order valence-corrected chi connectivity index (χ0v) is 19.4. The van der Waals surface area contributed by atoms with Gasteiger partial charge in [0.25, 0.3) is 17.9 Å². The molecule has 1 aromatic carbocycles. The molecule has 1 amide bonds. The molecule has 9 heteroatoms. The van der Waals surface area contributed by atoms with Gasteiger partial charge in [0.15, 0.2) is 0 Å². The summed E-state index contributed by atoms with van der Waals surface area (Å²) in [6.45, 7) is 5.54. The maximum absolute atomic E-state index is 14.6. The highest BCUT2D eigenvalue weighted by Gasteiger charge is 2.55. The second-order valence-electron chi connectivity index (χ2n) is 10.1. The number of hydrogen-bond acceptors (Lipinski definition) is 4. The number of hydrogen-bond donors (Lipinski definition) is 2. The van der Waals surface area contributed by atoms with Gasteiger partial charge in [-0.3, -0.25) is 9.59 Å². The van der Waals surface area contributed by atoms with Gasteiger partial charge in [-0.1, -0.05) is 25.1 Å². The first-order valence-corrected chi connectivity index (χ1v) is 11.7. The van der Waals surface area contributed by atoms with Crippen LogP contribution in [0.5, 0.6) is 0 Å². The van der Waals surface area contributed by atoms with E-state index in [0.717, 1.165) is 25.6 Å². The third-order valence-electron chi connectivity index (χ3n) is 7.56. The van der Waals surface area contributed by atoms with Crippen LogP contribution in [-0.4, -0.2) is 41.6 Å². The molecule has 2 N–H and O–H groups in total. The lowest BCUT2D eigenvalue weighted by molar-refractivity contribution is 0.0939. The van der Waals surface area contributed by atoms with Crippen molar-refractivity contribution in [3.63, 3.8) is 0 Å². The number of amides is 1. The van der Waals surface area contributed by atoms with Gasteiger partial charge in [-0.25, -0.2) is 13.2 Å². The number of halogens is 3. The minimum Gasteiger partial charge on any atom is -0.381 e. The molecule has 182 valence electrons. The molecule has 6 atom stereocenters. The number of benzene rings is 1. The average molecular weight is 475 g/mol. The van der Waals surface area contributed by atoms with Gasteiger partial charge in [0.2, 0.25) is 0 Å². The molecule has 1 aliphatic heterocycles. The second-order valence-corrected chi connectivity index (χ2v) is 10.1. The van der Waals surface area contributed by atoms with E-state index in [1.807, 2.05) is 6.92 Å². The molecule has 0 radical (unpaired) electrons. The number of likely N-dealkylation sites (tertiary alicyclic amines) is 1. The molecule has 34 heavy (non-hydrogen) atoms. The number of alkyl halides is 2. The summed E-state index contributed by atoms with van der Waals surface area (Å²) >= 11 is 0. The molecule has 2 aliphatic carbocycles. The molecule has 1 unspecified atom stereocenters. The Kier molecular flexibility index (Phi) is 5.70. The number of pyridine rings is 1. The zero-order chi connectivity index (χ0) is 24.3. The molecule has 2 saturated carbocycles. The van der Waals surface area contributed by atoms with Crippen molar-refractivity contribution in [2.75, 3.05) is 25.5 Å². The molecule has 3 aliphatic rings. The van der Waals surface area contributed by atoms with Crippen molar-refractivity contribution in [1.29, 1.82) is 0 Å². The van der Waals surface area contributed by atoms with Gasteiger partial charge in [0.05, 0.1) is 22.9 Å². The van der Waals surface area contributed by atoms with Crippen LogP contribution in [0.1, 0.15) is 60.3 Å². The van der Waals surface area contributed by atoms with Crippen molar-refractivity contribution < 1.29 is 18.0 Å². The summed E-state index contributed by atoms with van der Waals surface area (Å²) in [6.07, 6.45) is -0.494. The molecule has 0 bridgehead atoms. The predicted molar refractivity (Wildman–Crippen MR) is 123 cm³/mol. The van der Waals surface area contributed by atoms with Gasteiger partial charge in [-0.2, -0.15) is 0 Å². The van der Waals surface area contributed by atoms with Crippen LogP contribution in [0.4, 0.5) is 18.9 Å². The van der Waals surface area contributed by atoms with E-state index >= 15 is 0 Å². The summed E-state index contributed by atoms with van der Waals surface area (Å²) in [5.41, 5.74) is -0.107. The van der Waals surface area contributed by atoms with E-state index in [1.54, 1.807) is 17.7 Å². The van der Waals surface area contributed by atoms with Gasteiger partial charge in [-0.05, 0) is 38.1 Å². The Balaban J connectivity index is 1.41. The molecule has 1 saturated heterocycles. The van der Waals surface area contributed by atoms with Crippen molar-refractivity contribution in [2.24, 2.45) is 17.8 Å². The zero-order valence-electron chi connectivity index (χ0n) is 19.4. The molecule has 2 aromatic rings. The Morgan fingerprint density at radius 1 is 1.18 bits per heavy atom. The Labute approximate surface area is 196 Å². The molecular weight excluding hydrogens is 445 g/mol.